The molecule has 3 rings (SSSR count). The molecule has 0 saturated carbocycles. The average molecular weight is 360 g/mol. The van der Waals surface area contributed by atoms with E-state index < -0.39 is 0 Å². The van der Waals surface area contributed by atoms with Crippen molar-refractivity contribution in [1.82, 2.24) is 15.1 Å². The van der Waals surface area contributed by atoms with Crippen LogP contribution in [0.3, 0.4) is 0 Å². The molecule has 3 heterocycles. The summed E-state index contributed by atoms with van der Waals surface area (Å²) in [7, 11) is 1.58. The summed E-state index contributed by atoms with van der Waals surface area (Å²) in [5.41, 5.74) is 0. The van der Waals surface area contributed by atoms with Crippen LogP contribution in [0, 0.1) is 0 Å². The maximum atomic E-state index is 12.7. The Kier molecular flexibility index (Phi) is 6.26. The molecule has 0 spiro atoms. The van der Waals surface area contributed by atoms with Crippen LogP contribution in [0.2, 0.25) is 0 Å². The molecule has 2 fully saturated rings. The standard InChI is InChI=1S/C15H21N3O3S.ClH/c1-21-12-4-8-22-14(12)15(20)17-6-2-3-11(10-17)18-7-5-16-9-13(18)19;/h4,8,11,16H,2-3,5-7,9-10H2,1H3;1H. The largest absolute Gasteiger partial charge is 0.495 e. The molecule has 2 aliphatic rings. The van der Waals surface area contributed by atoms with Gasteiger partial charge in [-0.05, 0) is 24.3 Å². The molecule has 2 aliphatic heterocycles. The van der Waals surface area contributed by atoms with Gasteiger partial charge in [-0.2, -0.15) is 0 Å². The minimum Gasteiger partial charge on any atom is -0.495 e. The highest BCUT2D eigenvalue weighted by molar-refractivity contribution is 7.12. The molecule has 0 aromatic carbocycles. The minimum atomic E-state index is 0. The fourth-order valence-electron chi connectivity index (χ4n) is 3.16. The highest BCUT2D eigenvalue weighted by Gasteiger charge is 2.32. The number of likely N-dealkylation sites (tertiary alicyclic amines) is 1. The van der Waals surface area contributed by atoms with Crippen LogP contribution in [0.5, 0.6) is 5.75 Å². The first-order chi connectivity index (χ1) is 10.7. The lowest BCUT2D eigenvalue weighted by Crippen LogP contribution is -2.57. The number of carbonyl (C=O) groups excluding carboxylic acids is 2. The van der Waals surface area contributed by atoms with Gasteiger partial charge in [-0.1, -0.05) is 0 Å². The molecule has 0 bridgehead atoms. The highest BCUT2D eigenvalue weighted by Crippen LogP contribution is 2.27. The van der Waals surface area contributed by atoms with E-state index in [1.54, 1.807) is 7.11 Å². The number of piperazine rings is 1. The fourth-order valence-corrected chi connectivity index (χ4v) is 3.98. The normalized spacial score (nSPS) is 21.8. The zero-order valence-corrected chi connectivity index (χ0v) is 14.8. The number of rotatable bonds is 3. The second kappa shape index (κ2) is 7.99. The Hall–Kier alpha value is -1.31. The number of carbonyl (C=O) groups is 2. The lowest BCUT2D eigenvalue weighted by atomic mass is 10.0. The average Bonchev–Trinajstić information content (AvgIpc) is 3.03. The first kappa shape index (κ1) is 18.0. The van der Waals surface area contributed by atoms with Crippen molar-refractivity contribution in [1.29, 1.82) is 0 Å². The van der Waals surface area contributed by atoms with Crippen LogP contribution in [0.25, 0.3) is 0 Å². The molecule has 2 saturated heterocycles. The van der Waals surface area contributed by atoms with Gasteiger partial charge in [-0.15, -0.1) is 23.7 Å². The summed E-state index contributed by atoms with van der Waals surface area (Å²) in [5, 5.41) is 4.96. The van der Waals surface area contributed by atoms with Gasteiger partial charge in [0.15, 0.2) is 0 Å². The van der Waals surface area contributed by atoms with Crippen molar-refractivity contribution in [3.05, 3.63) is 16.3 Å². The molecule has 1 N–H and O–H groups in total. The molecule has 1 aromatic rings. The Balaban J connectivity index is 0.00000192. The van der Waals surface area contributed by atoms with Gasteiger partial charge >= 0.3 is 0 Å². The predicted molar refractivity (Wildman–Crippen MR) is 91.6 cm³/mol. The summed E-state index contributed by atoms with van der Waals surface area (Å²) >= 11 is 1.41. The van der Waals surface area contributed by atoms with E-state index in [9.17, 15) is 9.59 Å². The highest BCUT2D eigenvalue weighted by atomic mass is 35.5. The van der Waals surface area contributed by atoms with Gasteiger partial charge in [0.25, 0.3) is 5.91 Å². The Bertz CT molecular complexity index is 566. The maximum Gasteiger partial charge on any atom is 0.267 e. The van der Waals surface area contributed by atoms with E-state index in [2.05, 4.69) is 5.32 Å². The Morgan fingerprint density at radius 1 is 1.43 bits per heavy atom. The summed E-state index contributed by atoms with van der Waals surface area (Å²) < 4.78 is 5.25. The number of methoxy groups -OCH3 is 1. The number of piperidine rings is 1. The molecular formula is C15H22ClN3O3S. The molecule has 128 valence electrons. The number of nitrogens with zero attached hydrogens (tertiary/aromatic N) is 2. The SMILES string of the molecule is COc1ccsc1C(=O)N1CCCC(N2CCNCC2=O)C1.Cl. The third-order valence-corrected chi connectivity index (χ3v) is 5.18. The van der Waals surface area contributed by atoms with E-state index in [0.29, 0.717) is 23.7 Å². The second-order valence-corrected chi connectivity index (χ2v) is 6.55. The van der Waals surface area contributed by atoms with Crippen molar-refractivity contribution < 1.29 is 14.3 Å². The van der Waals surface area contributed by atoms with Crippen LogP contribution < -0.4 is 10.1 Å². The van der Waals surface area contributed by atoms with Crippen molar-refractivity contribution in [3.8, 4) is 5.75 Å². The quantitative estimate of drug-likeness (QED) is 0.881. The molecule has 1 aromatic heterocycles. The number of hydrogen-bond donors (Lipinski definition) is 1. The zero-order valence-electron chi connectivity index (χ0n) is 13.1. The molecule has 23 heavy (non-hydrogen) atoms. The van der Waals surface area contributed by atoms with Crippen LogP contribution in [-0.4, -0.2) is 67.5 Å². The summed E-state index contributed by atoms with van der Waals surface area (Å²) in [4.78, 5) is 29.2. The van der Waals surface area contributed by atoms with E-state index in [1.807, 2.05) is 21.2 Å². The second-order valence-electron chi connectivity index (χ2n) is 5.63. The molecule has 6 nitrogen and oxygen atoms in total. The molecule has 2 amide bonds. The minimum absolute atomic E-state index is 0. The van der Waals surface area contributed by atoms with Crippen LogP contribution in [0.4, 0.5) is 0 Å². The van der Waals surface area contributed by atoms with Gasteiger partial charge in [0.05, 0.1) is 13.7 Å². The Morgan fingerprint density at radius 3 is 3.00 bits per heavy atom. The van der Waals surface area contributed by atoms with E-state index in [4.69, 9.17) is 4.74 Å². The number of nitrogens with one attached hydrogen (secondary N) is 1. The van der Waals surface area contributed by atoms with Crippen molar-refractivity contribution >= 4 is 35.6 Å². The van der Waals surface area contributed by atoms with Gasteiger partial charge in [-0.25, -0.2) is 0 Å². The van der Waals surface area contributed by atoms with E-state index >= 15 is 0 Å². The lowest BCUT2D eigenvalue weighted by Gasteiger charge is -2.41. The molecule has 1 atom stereocenters. The van der Waals surface area contributed by atoms with E-state index in [1.165, 1.54) is 11.3 Å². The summed E-state index contributed by atoms with van der Waals surface area (Å²) in [6.45, 7) is 3.33. The van der Waals surface area contributed by atoms with Gasteiger partial charge in [-0.3, -0.25) is 9.59 Å². The van der Waals surface area contributed by atoms with Crippen LogP contribution in [-0.2, 0) is 4.79 Å². The molecule has 0 radical (unpaired) electrons. The number of hydrogen-bond acceptors (Lipinski definition) is 5. The van der Waals surface area contributed by atoms with Gasteiger partial charge in [0.1, 0.15) is 10.6 Å². The first-order valence-electron chi connectivity index (χ1n) is 7.61. The summed E-state index contributed by atoms with van der Waals surface area (Å²) in [6.07, 6.45) is 1.90. The molecular weight excluding hydrogens is 338 g/mol. The van der Waals surface area contributed by atoms with Crippen molar-refractivity contribution in [3.63, 3.8) is 0 Å². The van der Waals surface area contributed by atoms with Crippen molar-refractivity contribution in [2.45, 2.75) is 18.9 Å². The van der Waals surface area contributed by atoms with Crippen molar-refractivity contribution in [2.24, 2.45) is 0 Å². The van der Waals surface area contributed by atoms with Gasteiger partial charge < -0.3 is 19.9 Å². The van der Waals surface area contributed by atoms with Crippen molar-refractivity contribution in [2.75, 3.05) is 39.8 Å². The topological polar surface area (TPSA) is 61.9 Å². The van der Waals surface area contributed by atoms with Crippen LogP contribution >= 0.6 is 23.7 Å². The summed E-state index contributed by atoms with van der Waals surface area (Å²) in [6, 6.07) is 1.96. The molecule has 8 heteroatoms. The van der Waals surface area contributed by atoms with E-state index in [-0.39, 0.29) is 30.3 Å². The summed E-state index contributed by atoms with van der Waals surface area (Å²) in [5.74, 6) is 0.786. The maximum absolute atomic E-state index is 12.7. The number of thiophene rings is 1. The third-order valence-electron chi connectivity index (χ3n) is 4.29. The Morgan fingerprint density at radius 2 is 2.26 bits per heavy atom. The van der Waals surface area contributed by atoms with E-state index in [0.717, 1.165) is 32.5 Å². The van der Waals surface area contributed by atoms with Crippen LogP contribution in [0.15, 0.2) is 11.4 Å². The first-order valence-corrected chi connectivity index (χ1v) is 8.49. The lowest BCUT2D eigenvalue weighted by molar-refractivity contribution is -0.135. The number of ether oxygens (including phenoxy) is 1. The molecule has 1 unspecified atom stereocenters. The zero-order chi connectivity index (χ0) is 15.5. The smallest absolute Gasteiger partial charge is 0.267 e. The van der Waals surface area contributed by atoms with Crippen LogP contribution in [0.1, 0.15) is 22.5 Å². The van der Waals surface area contributed by atoms with Gasteiger partial charge in [0.2, 0.25) is 5.91 Å². The molecule has 0 aliphatic carbocycles. The monoisotopic (exact) mass is 359 g/mol. The fraction of sp³-hybridized carbons (Fsp3) is 0.600. The number of halogens is 1. The van der Waals surface area contributed by atoms with Gasteiger partial charge in [0, 0.05) is 32.2 Å². The predicted octanol–water partition coefficient (Wildman–Crippen LogP) is 1.21. The number of amides is 2. The third kappa shape index (κ3) is 3.79. The Labute approximate surface area is 146 Å².